The van der Waals surface area contributed by atoms with Gasteiger partial charge in [-0.2, -0.15) is 26.3 Å². The molecule has 1 aromatic heterocycles. The number of hydrogen-bond acceptors (Lipinski definition) is 2. The first-order chi connectivity index (χ1) is 11.0. The molecule has 1 amide bonds. The van der Waals surface area contributed by atoms with Crippen molar-refractivity contribution >= 4 is 11.6 Å². The normalized spacial score (nSPS) is 12.1. The Morgan fingerprint density at radius 1 is 1.04 bits per heavy atom. The molecule has 0 atom stereocenters. The highest BCUT2D eigenvalue weighted by Crippen LogP contribution is 2.34. The molecule has 0 aliphatic heterocycles. The fourth-order valence-corrected chi connectivity index (χ4v) is 1.94. The number of rotatable bonds is 2. The van der Waals surface area contributed by atoms with E-state index >= 15 is 0 Å². The van der Waals surface area contributed by atoms with Crippen LogP contribution >= 0.6 is 0 Å². The number of hydrogen-bond donors (Lipinski definition) is 1. The van der Waals surface area contributed by atoms with Crippen molar-refractivity contribution in [1.29, 1.82) is 0 Å². The highest BCUT2D eigenvalue weighted by molar-refractivity contribution is 6.05. The summed E-state index contributed by atoms with van der Waals surface area (Å²) in [5.41, 5.74) is -2.96. The number of aromatic nitrogens is 1. The summed E-state index contributed by atoms with van der Waals surface area (Å²) < 4.78 is 76.8. The first kappa shape index (κ1) is 17.8. The number of aryl methyl sites for hydroxylation is 1. The Labute approximate surface area is 132 Å². The quantitative estimate of drug-likeness (QED) is 0.801. The van der Waals surface area contributed by atoms with Gasteiger partial charge in [0.05, 0.1) is 16.7 Å². The average molecular weight is 348 g/mol. The third-order valence-electron chi connectivity index (χ3n) is 3.18. The highest BCUT2D eigenvalue weighted by Gasteiger charge is 2.36. The van der Waals surface area contributed by atoms with Gasteiger partial charge in [0.2, 0.25) is 0 Å². The molecule has 2 rings (SSSR count). The first-order valence-corrected chi connectivity index (χ1v) is 6.50. The summed E-state index contributed by atoms with van der Waals surface area (Å²) >= 11 is 0. The van der Waals surface area contributed by atoms with Gasteiger partial charge in [0, 0.05) is 18.1 Å². The number of alkyl halides is 6. The number of nitrogens with one attached hydrogen (secondary N) is 1. The molecule has 0 saturated carbocycles. The average Bonchev–Trinajstić information content (AvgIpc) is 2.47. The lowest BCUT2D eigenvalue weighted by molar-refractivity contribution is -0.138. The first-order valence-electron chi connectivity index (χ1n) is 6.50. The van der Waals surface area contributed by atoms with Crippen molar-refractivity contribution in [3.8, 4) is 0 Å². The van der Waals surface area contributed by atoms with Crippen LogP contribution in [0.5, 0.6) is 0 Å². The minimum absolute atomic E-state index is 0.222. The molecule has 0 saturated heterocycles. The molecule has 0 unspecified atom stereocenters. The van der Waals surface area contributed by atoms with E-state index in [1.807, 2.05) is 0 Å². The van der Waals surface area contributed by atoms with Gasteiger partial charge in [-0.05, 0) is 30.7 Å². The highest BCUT2D eigenvalue weighted by atomic mass is 19.4. The van der Waals surface area contributed by atoms with E-state index in [9.17, 15) is 31.1 Å². The van der Waals surface area contributed by atoms with Crippen LogP contribution in [-0.2, 0) is 12.4 Å². The van der Waals surface area contributed by atoms with E-state index in [4.69, 9.17) is 0 Å². The van der Waals surface area contributed by atoms with Crippen molar-refractivity contribution in [2.24, 2.45) is 0 Å². The van der Waals surface area contributed by atoms with Crippen LogP contribution in [-0.4, -0.2) is 10.9 Å². The summed E-state index contributed by atoms with van der Waals surface area (Å²) in [4.78, 5) is 15.4. The Bertz CT molecular complexity index is 767. The van der Waals surface area contributed by atoms with E-state index in [2.05, 4.69) is 10.3 Å². The number of benzene rings is 1. The molecular weight excluding hydrogens is 338 g/mol. The van der Waals surface area contributed by atoms with Gasteiger partial charge in [-0.15, -0.1) is 0 Å². The Morgan fingerprint density at radius 3 is 2.29 bits per heavy atom. The van der Waals surface area contributed by atoms with E-state index in [1.165, 1.54) is 6.92 Å². The van der Waals surface area contributed by atoms with Crippen LogP contribution in [0.3, 0.4) is 0 Å². The minimum Gasteiger partial charge on any atom is -0.322 e. The van der Waals surface area contributed by atoms with E-state index in [-0.39, 0.29) is 11.3 Å². The number of nitrogens with zero attached hydrogens (tertiary/aromatic N) is 1. The summed E-state index contributed by atoms with van der Waals surface area (Å²) in [5, 5.41) is 2.08. The second kappa shape index (κ2) is 6.14. The fraction of sp³-hybridized carbons (Fsp3) is 0.200. The van der Waals surface area contributed by atoms with Gasteiger partial charge in [-0.25, -0.2) is 0 Å². The molecule has 0 fully saturated rings. The van der Waals surface area contributed by atoms with E-state index in [0.29, 0.717) is 12.3 Å². The summed E-state index contributed by atoms with van der Waals surface area (Å²) in [7, 11) is 0. The molecular formula is C15H10F6N2O. The van der Waals surface area contributed by atoms with Gasteiger partial charge < -0.3 is 5.32 Å². The zero-order chi connectivity index (χ0) is 18.1. The van der Waals surface area contributed by atoms with Crippen molar-refractivity contribution in [1.82, 2.24) is 4.98 Å². The minimum atomic E-state index is -4.82. The van der Waals surface area contributed by atoms with Gasteiger partial charge in [0.15, 0.2) is 0 Å². The van der Waals surface area contributed by atoms with E-state index in [0.717, 1.165) is 24.4 Å². The largest absolute Gasteiger partial charge is 0.418 e. The second-order valence-corrected chi connectivity index (χ2v) is 4.90. The SMILES string of the molecule is Cc1ccc(C(F)(F)F)cc1NC(=O)c1ccncc1C(F)(F)F. The molecule has 1 heterocycles. The zero-order valence-electron chi connectivity index (χ0n) is 12.1. The Morgan fingerprint density at radius 2 is 1.71 bits per heavy atom. The summed E-state index contributed by atoms with van der Waals surface area (Å²) in [5.74, 6) is -1.17. The lowest BCUT2D eigenvalue weighted by Crippen LogP contribution is -2.19. The van der Waals surface area contributed by atoms with Gasteiger partial charge in [-0.3, -0.25) is 9.78 Å². The van der Waals surface area contributed by atoms with Crippen molar-refractivity contribution in [2.45, 2.75) is 19.3 Å². The fourth-order valence-electron chi connectivity index (χ4n) is 1.94. The van der Waals surface area contributed by atoms with Crippen LogP contribution < -0.4 is 5.32 Å². The Hall–Kier alpha value is -2.58. The van der Waals surface area contributed by atoms with Crippen molar-refractivity contribution in [3.63, 3.8) is 0 Å². The number of carbonyl (C=O) groups excluding carboxylic acids is 1. The van der Waals surface area contributed by atoms with Gasteiger partial charge in [0.1, 0.15) is 0 Å². The smallest absolute Gasteiger partial charge is 0.322 e. The van der Waals surface area contributed by atoms with E-state index < -0.39 is 35.0 Å². The monoisotopic (exact) mass is 348 g/mol. The molecule has 0 spiro atoms. The number of carbonyl (C=O) groups is 1. The van der Waals surface area contributed by atoms with Crippen LogP contribution in [0, 0.1) is 6.92 Å². The Kier molecular flexibility index (Phi) is 4.54. The number of anilines is 1. The second-order valence-electron chi connectivity index (χ2n) is 4.90. The number of halogens is 6. The molecule has 0 bridgehead atoms. The molecule has 3 nitrogen and oxygen atoms in total. The molecule has 24 heavy (non-hydrogen) atoms. The number of pyridine rings is 1. The predicted octanol–water partition coefficient (Wildman–Crippen LogP) is 4.68. The van der Waals surface area contributed by atoms with E-state index in [1.54, 1.807) is 0 Å². The van der Waals surface area contributed by atoms with Crippen molar-refractivity contribution in [3.05, 3.63) is 58.9 Å². The number of amides is 1. The molecule has 9 heteroatoms. The molecule has 0 aliphatic carbocycles. The van der Waals surface area contributed by atoms with Crippen LogP contribution in [0.4, 0.5) is 32.0 Å². The van der Waals surface area contributed by atoms with Gasteiger partial charge >= 0.3 is 12.4 Å². The van der Waals surface area contributed by atoms with Gasteiger partial charge in [-0.1, -0.05) is 6.07 Å². The maximum Gasteiger partial charge on any atom is 0.418 e. The van der Waals surface area contributed by atoms with Crippen molar-refractivity contribution < 1.29 is 31.1 Å². The molecule has 2 aromatic rings. The molecule has 1 N–H and O–H groups in total. The maximum atomic E-state index is 12.9. The van der Waals surface area contributed by atoms with Gasteiger partial charge in [0.25, 0.3) is 5.91 Å². The molecule has 1 aromatic carbocycles. The lowest BCUT2D eigenvalue weighted by atomic mass is 10.1. The Balaban J connectivity index is 2.38. The standard InChI is InChI=1S/C15H10F6N2O/c1-8-2-3-9(14(16,17)18)6-12(8)23-13(24)10-4-5-22-7-11(10)15(19,20)21/h2-7H,1H3,(H,23,24). The summed E-state index contributed by atoms with van der Waals surface area (Å²) in [6.07, 6.45) is -7.98. The van der Waals surface area contributed by atoms with Crippen LogP contribution in [0.25, 0.3) is 0 Å². The van der Waals surface area contributed by atoms with Crippen LogP contribution in [0.1, 0.15) is 27.0 Å². The third-order valence-corrected chi connectivity index (χ3v) is 3.18. The third kappa shape index (κ3) is 3.84. The predicted molar refractivity (Wildman–Crippen MR) is 73.4 cm³/mol. The topological polar surface area (TPSA) is 42.0 Å². The summed E-state index contributed by atoms with van der Waals surface area (Å²) in [6, 6.07) is 3.46. The molecule has 0 radical (unpaired) electrons. The van der Waals surface area contributed by atoms with Crippen molar-refractivity contribution in [2.75, 3.05) is 5.32 Å². The summed E-state index contributed by atoms with van der Waals surface area (Å²) in [6.45, 7) is 1.42. The molecule has 128 valence electrons. The van der Waals surface area contributed by atoms with Crippen LogP contribution in [0.2, 0.25) is 0 Å². The maximum absolute atomic E-state index is 12.9. The lowest BCUT2D eigenvalue weighted by Gasteiger charge is -2.15. The molecule has 0 aliphatic rings. The zero-order valence-corrected chi connectivity index (χ0v) is 12.1. The van der Waals surface area contributed by atoms with Crippen LogP contribution in [0.15, 0.2) is 36.7 Å².